The average Bonchev–Trinajstić information content (AvgIpc) is 2.27. The van der Waals surface area contributed by atoms with Gasteiger partial charge in [0.1, 0.15) is 6.07 Å². The summed E-state index contributed by atoms with van der Waals surface area (Å²) in [5, 5.41) is 17.7. The lowest BCUT2D eigenvalue weighted by molar-refractivity contribution is 0.153. The molecule has 0 heterocycles. The summed E-state index contributed by atoms with van der Waals surface area (Å²) >= 11 is 0. The SMILES string of the molecule is N#Cc1cc(N)ccc1N(CCO)CC(F)F. The minimum Gasteiger partial charge on any atom is -0.399 e. The van der Waals surface area contributed by atoms with Crippen molar-refractivity contribution in [1.29, 1.82) is 5.26 Å². The van der Waals surface area contributed by atoms with E-state index in [1.807, 2.05) is 6.07 Å². The molecule has 0 aromatic heterocycles. The number of nitrogens with zero attached hydrogens (tertiary/aromatic N) is 2. The van der Waals surface area contributed by atoms with Crippen LogP contribution in [-0.4, -0.2) is 31.2 Å². The lowest BCUT2D eigenvalue weighted by atomic mass is 10.1. The molecular weight excluding hydrogens is 228 g/mol. The van der Waals surface area contributed by atoms with Crippen molar-refractivity contribution in [2.45, 2.75) is 6.43 Å². The van der Waals surface area contributed by atoms with Crippen LogP contribution in [0.5, 0.6) is 0 Å². The number of nitrogen functional groups attached to an aromatic ring is 1. The minimum atomic E-state index is -2.54. The Labute approximate surface area is 97.9 Å². The van der Waals surface area contributed by atoms with Gasteiger partial charge in [0.2, 0.25) is 0 Å². The molecule has 0 unspecified atom stereocenters. The summed E-state index contributed by atoms with van der Waals surface area (Å²) in [6.07, 6.45) is -2.54. The molecule has 0 aliphatic heterocycles. The van der Waals surface area contributed by atoms with Crippen LogP contribution in [0.4, 0.5) is 20.2 Å². The Morgan fingerprint density at radius 2 is 2.18 bits per heavy atom. The summed E-state index contributed by atoms with van der Waals surface area (Å²) in [4.78, 5) is 1.27. The van der Waals surface area contributed by atoms with Crippen LogP contribution < -0.4 is 10.6 Å². The minimum absolute atomic E-state index is 0.0446. The van der Waals surface area contributed by atoms with Crippen LogP contribution in [0.25, 0.3) is 0 Å². The third-order valence-electron chi connectivity index (χ3n) is 2.21. The largest absolute Gasteiger partial charge is 0.399 e. The van der Waals surface area contributed by atoms with Gasteiger partial charge in [-0.05, 0) is 18.2 Å². The van der Waals surface area contributed by atoms with E-state index in [2.05, 4.69) is 0 Å². The zero-order valence-electron chi connectivity index (χ0n) is 9.11. The Hall–Kier alpha value is -1.87. The van der Waals surface area contributed by atoms with E-state index < -0.39 is 13.0 Å². The molecule has 4 nitrogen and oxygen atoms in total. The number of alkyl halides is 2. The maximum absolute atomic E-state index is 12.4. The lowest BCUT2D eigenvalue weighted by Crippen LogP contribution is -2.32. The number of hydrogen-bond donors (Lipinski definition) is 2. The number of anilines is 2. The molecule has 0 fully saturated rings. The Morgan fingerprint density at radius 3 is 2.71 bits per heavy atom. The fraction of sp³-hybridized carbons (Fsp3) is 0.364. The van der Waals surface area contributed by atoms with Crippen molar-refractivity contribution in [2.24, 2.45) is 0 Å². The van der Waals surface area contributed by atoms with Gasteiger partial charge in [-0.15, -0.1) is 0 Å². The van der Waals surface area contributed by atoms with Gasteiger partial charge in [0, 0.05) is 12.2 Å². The molecule has 1 rings (SSSR count). The first-order valence-electron chi connectivity index (χ1n) is 5.02. The van der Waals surface area contributed by atoms with Gasteiger partial charge in [-0.1, -0.05) is 0 Å². The Balaban J connectivity index is 3.05. The Kier molecular flexibility index (Phi) is 4.67. The van der Waals surface area contributed by atoms with Crippen molar-refractivity contribution in [3.8, 4) is 6.07 Å². The molecule has 92 valence electrons. The lowest BCUT2D eigenvalue weighted by Gasteiger charge is -2.24. The van der Waals surface area contributed by atoms with E-state index >= 15 is 0 Å². The van der Waals surface area contributed by atoms with Crippen molar-refractivity contribution in [2.75, 3.05) is 30.3 Å². The van der Waals surface area contributed by atoms with Crippen LogP contribution in [0.2, 0.25) is 0 Å². The second-order valence-corrected chi connectivity index (χ2v) is 3.45. The van der Waals surface area contributed by atoms with E-state index in [1.165, 1.54) is 23.1 Å². The van der Waals surface area contributed by atoms with Gasteiger partial charge in [0.15, 0.2) is 0 Å². The van der Waals surface area contributed by atoms with E-state index in [-0.39, 0.29) is 18.7 Å². The number of hydrogen-bond acceptors (Lipinski definition) is 4. The molecule has 0 radical (unpaired) electrons. The standard InChI is InChI=1S/C11H13F2N3O/c12-11(13)7-16(3-4-17)10-2-1-9(15)5-8(10)6-14/h1-2,5,11,17H,3-4,7,15H2. The van der Waals surface area contributed by atoms with Crippen LogP contribution >= 0.6 is 0 Å². The number of halogens is 2. The maximum Gasteiger partial charge on any atom is 0.255 e. The molecule has 1 aromatic rings. The summed E-state index contributed by atoms with van der Waals surface area (Å²) in [6, 6.07) is 6.36. The zero-order valence-corrected chi connectivity index (χ0v) is 9.11. The second kappa shape index (κ2) is 6.01. The molecule has 0 amide bonds. The molecule has 0 saturated carbocycles. The number of rotatable bonds is 5. The van der Waals surface area contributed by atoms with E-state index in [4.69, 9.17) is 16.1 Å². The van der Waals surface area contributed by atoms with Crippen molar-refractivity contribution in [3.63, 3.8) is 0 Å². The van der Waals surface area contributed by atoms with Crippen molar-refractivity contribution >= 4 is 11.4 Å². The van der Waals surface area contributed by atoms with Crippen molar-refractivity contribution in [3.05, 3.63) is 23.8 Å². The normalized spacial score (nSPS) is 10.3. The Bertz CT molecular complexity index is 418. The monoisotopic (exact) mass is 241 g/mol. The highest BCUT2D eigenvalue weighted by molar-refractivity contribution is 5.64. The summed E-state index contributed by atoms with van der Waals surface area (Å²) in [5.41, 5.74) is 6.48. The molecular formula is C11H13F2N3O. The summed E-state index contributed by atoms with van der Waals surface area (Å²) < 4.78 is 24.8. The van der Waals surface area contributed by atoms with E-state index in [9.17, 15) is 8.78 Å². The van der Waals surface area contributed by atoms with E-state index in [0.29, 0.717) is 11.4 Å². The maximum atomic E-state index is 12.4. The van der Waals surface area contributed by atoms with Crippen LogP contribution in [0.15, 0.2) is 18.2 Å². The summed E-state index contributed by atoms with van der Waals surface area (Å²) in [5.74, 6) is 0. The van der Waals surface area contributed by atoms with Crippen LogP contribution in [0.1, 0.15) is 5.56 Å². The predicted molar refractivity (Wildman–Crippen MR) is 60.9 cm³/mol. The third kappa shape index (κ3) is 3.57. The molecule has 0 bridgehead atoms. The molecule has 6 heteroatoms. The van der Waals surface area contributed by atoms with Gasteiger partial charge < -0.3 is 15.7 Å². The quantitative estimate of drug-likeness (QED) is 0.760. The van der Waals surface area contributed by atoms with Gasteiger partial charge in [-0.25, -0.2) is 8.78 Å². The molecule has 0 aliphatic rings. The van der Waals surface area contributed by atoms with Crippen LogP contribution in [0, 0.1) is 11.3 Å². The number of nitrogens with two attached hydrogens (primary N) is 1. The first-order valence-corrected chi connectivity index (χ1v) is 5.02. The average molecular weight is 241 g/mol. The summed E-state index contributed by atoms with van der Waals surface area (Å²) in [7, 11) is 0. The first kappa shape index (κ1) is 13.2. The summed E-state index contributed by atoms with van der Waals surface area (Å²) in [6.45, 7) is -0.746. The topological polar surface area (TPSA) is 73.3 Å². The second-order valence-electron chi connectivity index (χ2n) is 3.45. The molecule has 1 aromatic carbocycles. The van der Waals surface area contributed by atoms with E-state index in [1.54, 1.807) is 0 Å². The molecule has 0 saturated heterocycles. The highest BCUT2D eigenvalue weighted by Gasteiger charge is 2.15. The molecule has 0 aliphatic carbocycles. The van der Waals surface area contributed by atoms with Crippen molar-refractivity contribution < 1.29 is 13.9 Å². The number of aliphatic hydroxyl groups excluding tert-OH is 1. The Morgan fingerprint density at radius 1 is 1.47 bits per heavy atom. The highest BCUT2D eigenvalue weighted by Crippen LogP contribution is 2.23. The predicted octanol–water partition coefficient (Wildman–Crippen LogP) is 1.20. The van der Waals surface area contributed by atoms with Gasteiger partial charge >= 0.3 is 0 Å². The van der Waals surface area contributed by atoms with Gasteiger partial charge in [0.25, 0.3) is 6.43 Å². The van der Waals surface area contributed by atoms with Crippen LogP contribution in [0.3, 0.4) is 0 Å². The number of aliphatic hydroxyl groups is 1. The number of benzene rings is 1. The molecule has 3 N–H and O–H groups in total. The smallest absolute Gasteiger partial charge is 0.255 e. The van der Waals surface area contributed by atoms with Gasteiger partial charge in [-0.3, -0.25) is 0 Å². The number of nitriles is 1. The van der Waals surface area contributed by atoms with Crippen molar-refractivity contribution in [1.82, 2.24) is 0 Å². The molecule has 17 heavy (non-hydrogen) atoms. The molecule has 0 atom stereocenters. The third-order valence-corrected chi connectivity index (χ3v) is 2.21. The first-order chi connectivity index (χ1) is 8.08. The van der Waals surface area contributed by atoms with Gasteiger partial charge in [-0.2, -0.15) is 5.26 Å². The zero-order chi connectivity index (χ0) is 12.8. The fourth-order valence-electron chi connectivity index (χ4n) is 1.52. The van der Waals surface area contributed by atoms with E-state index in [0.717, 1.165) is 0 Å². The van der Waals surface area contributed by atoms with Crippen LogP contribution in [-0.2, 0) is 0 Å². The van der Waals surface area contributed by atoms with Gasteiger partial charge in [0.05, 0.1) is 24.4 Å². The molecule has 0 spiro atoms. The highest BCUT2D eigenvalue weighted by atomic mass is 19.3. The fourth-order valence-corrected chi connectivity index (χ4v) is 1.52.